The van der Waals surface area contributed by atoms with Gasteiger partial charge in [-0.1, -0.05) is 18.2 Å². The van der Waals surface area contributed by atoms with Gasteiger partial charge in [0, 0.05) is 6.08 Å². The van der Waals surface area contributed by atoms with Gasteiger partial charge < -0.3 is 9.47 Å². The zero-order chi connectivity index (χ0) is 16.5. The van der Waals surface area contributed by atoms with Gasteiger partial charge in [0.2, 0.25) is 0 Å². The number of ether oxygens (including phenoxy) is 2. The van der Waals surface area contributed by atoms with Crippen molar-refractivity contribution in [3.63, 3.8) is 0 Å². The highest BCUT2D eigenvalue weighted by atomic mass is 19.1. The maximum Gasteiger partial charge on any atom is 0.330 e. The molecule has 0 aliphatic carbocycles. The van der Waals surface area contributed by atoms with E-state index in [1.807, 2.05) is 32.1 Å². The first-order valence-electron chi connectivity index (χ1n) is 6.91. The first kappa shape index (κ1) is 17.7. The van der Waals surface area contributed by atoms with Crippen LogP contribution in [0.4, 0.5) is 4.39 Å². The maximum atomic E-state index is 13.0. The molecule has 3 nitrogen and oxygen atoms in total. The molecule has 0 saturated heterocycles. The van der Waals surface area contributed by atoms with Gasteiger partial charge in [0.1, 0.15) is 18.2 Å². The Hall–Kier alpha value is -2.36. The number of halogens is 1. The number of carbonyl (C=O) groups excluding carboxylic acids is 1. The lowest BCUT2D eigenvalue weighted by Crippen LogP contribution is -2.00. The summed E-state index contributed by atoms with van der Waals surface area (Å²) in [6, 6.07) is 4.44. The molecule has 1 aromatic carbocycles. The smallest absolute Gasteiger partial charge is 0.330 e. The molecule has 0 unspecified atom stereocenters. The first-order chi connectivity index (χ1) is 10.4. The fraction of sp³-hybridized carbons (Fsp3) is 0.278. The average Bonchev–Trinajstić information content (AvgIpc) is 2.46. The van der Waals surface area contributed by atoms with Crippen LogP contribution in [0.2, 0.25) is 0 Å². The Bertz CT molecular complexity index is 613. The highest BCUT2D eigenvalue weighted by Crippen LogP contribution is 2.18. The summed E-state index contributed by atoms with van der Waals surface area (Å²) in [4.78, 5) is 11.0. The van der Waals surface area contributed by atoms with Crippen LogP contribution in [0, 0.1) is 12.7 Å². The Balaban J connectivity index is 2.56. The zero-order valence-electron chi connectivity index (χ0n) is 13.4. The number of hydrogen-bond acceptors (Lipinski definition) is 3. The van der Waals surface area contributed by atoms with Gasteiger partial charge in [-0.25, -0.2) is 9.18 Å². The lowest BCUT2D eigenvalue weighted by Gasteiger charge is -2.08. The monoisotopic (exact) mass is 304 g/mol. The number of benzene rings is 1. The zero-order valence-corrected chi connectivity index (χ0v) is 13.4. The predicted octanol–water partition coefficient (Wildman–Crippen LogP) is 4.13. The Morgan fingerprint density at radius 3 is 2.68 bits per heavy atom. The molecule has 0 N–H and O–H groups in total. The van der Waals surface area contributed by atoms with E-state index in [9.17, 15) is 9.18 Å². The minimum Gasteiger partial charge on any atom is -0.489 e. The number of hydrogen-bond donors (Lipinski definition) is 0. The van der Waals surface area contributed by atoms with E-state index < -0.39 is 0 Å². The number of esters is 1. The Labute approximate surface area is 130 Å². The SMILES string of the molecule is COC(=O)/C=C(C)/C=C/C=C(\C)COc1ccc(F)cc1C. The van der Waals surface area contributed by atoms with Crippen molar-refractivity contribution in [2.45, 2.75) is 20.8 Å². The topological polar surface area (TPSA) is 35.5 Å². The number of aryl methyl sites for hydroxylation is 1. The normalized spacial score (nSPS) is 12.6. The van der Waals surface area contributed by atoms with Crippen LogP contribution in [0.1, 0.15) is 19.4 Å². The van der Waals surface area contributed by atoms with Crippen molar-refractivity contribution in [2.24, 2.45) is 0 Å². The molecular formula is C18H21FO3. The molecule has 0 aliphatic heterocycles. The van der Waals surface area contributed by atoms with Crippen LogP contribution < -0.4 is 4.74 Å². The standard InChI is InChI=1S/C18H21FO3/c1-13(10-18(20)21-4)6-5-7-14(2)12-22-17-9-8-16(19)11-15(17)3/h5-11H,12H2,1-4H3/b6-5+,13-10+,14-7+. The van der Waals surface area contributed by atoms with Crippen LogP contribution in [-0.2, 0) is 9.53 Å². The highest BCUT2D eigenvalue weighted by Gasteiger charge is 2.01. The maximum absolute atomic E-state index is 13.0. The lowest BCUT2D eigenvalue weighted by atomic mass is 10.2. The molecule has 1 aromatic rings. The minimum absolute atomic E-state index is 0.270. The summed E-state index contributed by atoms with van der Waals surface area (Å²) in [5, 5.41) is 0. The van der Waals surface area contributed by atoms with Gasteiger partial charge >= 0.3 is 5.97 Å². The molecule has 0 bridgehead atoms. The lowest BCUT2D eigenvalue weighted by molar-refractivity contribution is -0.134. The van der Waals surface area contributed by atoms with Crippen LogP contribution in [0.25, 0.3) is 0 Å². The van der Waals surface area contributed by atoms with E-state index >= 15 is 0 Å². The van der Waals surface area contributed by atoms with E-state index in [1.54, 1.807) is 13.0 Å². The first-order valence-corrected chi connectivity index (χ1v) is 6.91. The van der Waals surface area contributed by atoms with E-state index in [1.165, 1.54) is 25.3 Å². The summed E-state index contributed by atoms with van der Waals surface area (Å²) in [7, 11) is 1.34. The number of allylic oxidation sites excluding steroid dienone is 4. The van der Waals surface area contributed by atoms with Crippen molar-refractivity contribution in [3.8, 4) is 5.75 Å². The minimum atomic E-state index is -0.377. The molecule has 0 fully saturated rings. The Morgan fingerprint density at radius 2 is 2.05 bits per heavy atom. The fourth-order valence-corrected chi connectivity index (χ4v) is 1.67. The molecule has 0 heterocycles. The highest BCUT2D eigenvalue weighted by molar-refractivity contribution is 5.83. The van der Waals surface area contributed by atoms with Crippen molar-refractivity contribution in [2.75, 3.05) is 13.7 Å². The summed E-state index contributed by atoms with van der Waals surface area (Å²) < 4.78 is 23.2. The molecule has 0 spiro atoms. The van der Waals surface area contributed by atoms with Crippen LogP contribution in [-0.4, -0.2) is 19.7 Å². The van der Waals surface area contributed by atoms with Crippen molar-refractivity contribution < 1.29 is 18.7 Å². The summed E-state index contributed by atoms with van der Waals surface area (Å²) in [5.41, 5.74) is 2.57. The third-order valence-corrected chi connectivity index (χ3v) is 2.88. The van der Waals surface area contributed by atoms with Gasteiger partial charge in [-0.15, -0.1) is 0 Å². The fourth-order valence-electron chi connectivity index (χ4n) is 1.67. The van der Waals surface area contributed by atoms with E-state index in [4.69, 9.17) is 4.74 Å². The second kappa shape index (κ2) is 8.82. The molecule has 22 heavy (non-hydrogen) atoms. The number of rotatable bonds is 6. The van der Waals surface area contributed by atoms with E-state index in [2.05, 4.69) is 4.74 Å². The summed E-state index contributed by atoms with van der Waals surface area (Å²) in [5.74, 6) is 0.0192. The van der Waals surface area contributed by atoms with Gasteiger partial charge in [-0.05, 0) is 55.7 Å². The molecule has 0 saturated carbocycles. The number of carbonyl (C=O) groups is 1. The molecule has 118 valence electrons. The molecule has 0 amide bonds. The van der Waals surface area contributed by atoms with Gasteiger partial charge in [0.25, 0.3) is 0 Å². The van der Waals surface area contributed by atoms with Gasteiger partial charge in [-0.2, -0.15) is 0 Å². The average molecular weight is 304 g/mol. The second-order valence-electron chi connectivity index (χ2n) is 4.98. The Kier molecular flexibility index (Phi) is 7.09. The third-order valence-electron chi connectivity index (χ3n) is 2.88. The van der Waals surface area contributed by atoms with E-state index in [0.717, 1.165) is 16.7 Å². The molecule has 0 atom stereocenters. The molecule has 0 aliphatic rings. The molecule has 0 radical (unpaired) electrons. The van der Waals surface area contributed by atoms with Gasteiger partial charge in [-0.3, -0.25) is 0 Å². The third kappa shape index (κ3) is 6.39. The van der Waals surface area contributed by atoms with E-state index in [0.29, 0.717) is 12.4 Å². The van der Waals surface area contributed by atoms with Crippen LogP contribution >= 0.6 is 0 Å². The summed E-state index contributed by atoms with van der Waals surface area (Å²) >= 11 is 0. The van der Waals surface area contributed by atoms with Crippen molar-refractivity contribution in [1.82, 2.24) is 0 Å². The largest absolute Gasteiger partial charge is 0.489 e. The summed E-state index contributed by atoms with van der Waals surface area (Å²) in [6.07, 6.45) is 6.96. The second-order valence-corrected chi connectivity index (χ2v) is 4.98. The molecule has 1 rings (SSSR count). The van der Waals surface area contributed by atoms with Crippen LogP contribution in [0.15, 0.2) is 53.6 Å². The molecule has 4 heteroatoms. The van der Waals surface area contributed by atoms with Crippen molar-refractivity contribution in [3.05, 3.63) is 65.0 Å². The number of methoxy groups -OCH3 is 1. The molecule has 0 aromatic heterocycles. The summed E-state index contributed by atoms with van der Waals surface area (Å²) in [6.45, 7) is 5.96. The quantitative estimate of drug-likeness (QED) is 0.450. The van der Waals surface area contributed by atoms with Crippen molar-refractivity contribution >= 4 is 5.97 Å². The van der Waals surface area contributed by atoms with Gasteiger partial charge in [0.15, 0.2) is 0 Å². The Morgan fingerprint density at radius 1 is 1.32 bits per heavy atom. The predicted molar refractivity (Wildman–Crippen MR) is 85.3 cm³/mol. The van der Waals surface area contributed by atoms with Crippen LogP contribution in [0.5, 0.6) is 5.75 Å². The van der Waals surface area contributed by atoms with Crippen LogP contribution in [0.3, 0.4) is 0 Å². The molecular weight excluding hydrogens is 283 g/mol. The van der Waals surface area contributed by atoms with Gasteiger partial charge in [0.05, 0.1) is 7.11 Å². The van der Waals surface area contributed by atoms with Crippen molar-refractivity contribution in [1.29, 1.82) is 0 Å². The van der Waals surface area contributed by atoms with E-state index in [-0.39, 0.29) is 11.8 Å².